The summed E-state index contributed by atoms with van der Waals surface area (Å²) in [5.74, 6) is -0.299. The smallest absolute Gasteiger partial charge is 0.306 e. The summed E-state index contributed by atoms with van der Waals surface area (Å²) in [6, 6.07) is 4.07. The van der Waals surface area contributed by atoms with E-state index in [1.54, 1.807) is 6.92 Å². The first-order valence-corrected chi connectivity index (χ1v) is 6.30. The monoisotopic (exact) mass is 259 g/mol. The molecule has 1 atom stereocenters. The molecular weight excluding hydrogens is 242 g/mol. The normalized spacial score (nSPS) is 16.6. The number of aromatic nitrogens is 1. The molecule has 0 spiro atoms. The molecule has 0 radical (unpaired) electrons. The van der Waals surface area contributed by atoms with Crippen molar-refractivity contribution in [1.29, 1.82) is 5.26 Å². The third-order valence-corrected chi connectivity index (χ3v) is 3.74. The van der Waals surface area contributed by atoms with Crippen molar-refractivity contribution in [3.63, 3.8) is 0 Å². The summed E-state index contributed by atoms with van der Waals surface area (Å²) >= 11 is 0. The molecule has 1 aromatic rings. The van der Waals surface area contributed by atoms with E-state index in [4.69, 9.17) is 5.11 Å². The summed E-state index contributed by atoms with van der Waals surface area (Å²) in [5, 5.41) is 18.2. The van der Waals surface area contributed by atoms with Crippen LogP contribution in [0.25, 0.3) is 0 Å². The van der Waals surface area contributed by atoms with Gasteiger partial charge in [0.2, 0.25) is 0 Å². The zero-order chi connectivity index (χ0) is 14.2. The second-order valence-corrected chi connectivity index (χ2v) is 5.18. The van der Waals surface area contributed by atoms with Gasteiger partial charge in [0.05, 0.1) is 11.5 Å². The number of nitriles is 1. The third-order valence-electron chi connectivity index (χ3n) is 3.74. The minimum absolute atomic E-state index is 0.131. The first-order chi connectivity index (χ1) is 8.93. The Bertz CT molecular complexity index is 557. The van der Waals surface area contributed by atoms with Gasteiger partial charge in [-0.25, -0.2) is 4.98 Å². The van der Waals surface area contributed by atoms with Gasteiger partial charge in [-0.3, -0.25) is 4.79 Å². The highest BCUT2D eigenvalue weighted by Gasteiger charge is 2.36. The zero-order valence-electron chi connectivity index (χ0n) is 11.3. The van der Waals surface area contributed by atoms with Crippen LogP contribution >= 0.6 is 0 Å². The van der Waals surface area contributed by atoms with Gasteiger partial charge in [0.15, 0.2) is 0 Å². The average molecular weight is 259 g/mol. The molecule has 19 heavy (non-hydrogen) atoms. The molecule has 0 saturated carbocycles. The van der Waals surface area contributed by atoms with E-state index >= 15 is 0 Å². The first kappa shape index (κ1) is 13.3. The quantitative estimate of drug-likeness (QED) is 0.894. The van der Waals surface area contributed by atoms with Crippen LogP contribution in [-0.4, -0.2) is 29.1 Å². The van der Waals surface area contributed by atoms with Crippen LogP contribution in [0.15, 0.2) is 6.07 Å². The second kappa shape index (κ2) is 4.88. The van der Waals surface area contributed by atoms with Crippen LogP contribution in [0.2, 0.25) is 0 Å². The highest BCUT2D eigenvalue weighted by Crippen LogP contribution is 2.31. The largest absolute Gasteiger partial charge is 0.481 e. The van der Waals surface area contributed by atoms with Crippen LogP contribution in [0.4, 0.5) is 5.82 Å². The highest BCUT2D eigenvalue weighted by atomic mass is 16.4. The number of rotatable bonds is 3. The fraction of sp³-hybridized carbons (Fsp3) is 0.500. The van der Waals surface area contributed by atoms with Crippen molar-refractivity contribution in [1.82, 2.24) is 4.98 Å². The van der Waals surface area contributed by atoms with E-state index in [0.29, 0.717) is 24.5 Å². The van der Waals surface area contributed by atoms with Crippen molar-refractivity contribution in [2.45, 2.75) is 20.8 Å². The van der Waals surface area contributed by atoms with E-state index < -0.39 is 5.97 Å². The van der Waals surface area contributed by atoms with Gasteiger partial charge >= 0.3 is 5.97 Å². The number of hydrogen-bond acceptors (Lipinski definition) is 4. The molecule has 100 valence electrons. The third kappa shape index (κ3) is 2.39. The van der Waals surface area contributed by atoms with Gasteiger partial charge in [0.25, 0.3) is 0 Å². The summed E-state index contributed by atoms with van der Waals surface area (Å²) in [7, 11) is 0. The molecule has 1 aliphatic rings. The first-order valence-electron chi connectivity index (χ1n) is 6.30. The lowest BCUT2D eigenvalue weighted by atomic mass is 9.86. The molecule has 5 nitrogen and oxygen atoms in total. The molecule has 1 aliphatic heterocycles. The lowest BCUT2D eigenvalue weighted by molar-refractivity contribution is -0.143. The number of anilines is 1. The molecule has 2 rings (SSSR count). The SMILES string of the molecule is Cc1cc(C)c(C#N)c(N2CC(C(C)C(=O)O)C2)n1. The number of aryl methyl sites for hydroxylation is 2. The van der Waals surface area contributed by atoms with Crippen molar-refractivity contribution in [2.75, 3.05) is 18.0 Å². The molecule has 1 aromatic heterocycles. The molecule has 0 amide bonds. The molecule has 0 bridgehead atoms. The predicted molar refractivity (Wildman–Crippen MR) is 70.9 cm³/mol. The molecule has 0 aromatic carbocycles. The number of carboxylic acids is 1. The lowest BCUT2D eigenvalue weighted by Gasteiger charge is -2.42. The number of nitrogens with zero attached hydrogens (tertiary/aromatic N) is 3. The minimum atomic E-state index is -0.765. The summed E-state index contributed by atoms with van der Waals surface area (Å²) < 4.78 is 0. The molecule has 1 fully saturated rings. The Morgan fingerprint density at radius 3 is 2.74 bits per heavy atom. The van der Waals surface area contributed by atoms with E-state index in [0.717, 1.165) is 11.3 Å². The summed E-state index contributed by atoms with van der Waals surface area (Å²) in [6.45, 7) is 6.82. The Hall–Kier alpha value is -2.09. The van der Waals surface area contributed by atoms with Gasteiger partial charge in [0.1, 0.15) is 11.9 Å². The van der Waals surface area contributed by atoms with Gasteiger partial charge in [0, 0.05) is 24.7 Å². The molecule has 2 heterocycles. The Morgan fingerprint density at radius 1 is 1.58 bits per heavy atom. The fourth-order valence-electron chi connectivity index (χ4n) is 2.39. The number of carboxylic acid groups (broad SMARTS) is 1. The van der Waals surface area contributed by atoms with E-state index in [1.807, 2.05) is 24.8 Å². The lowest BCUT2D eigenvalue weighted by Crippen LogP contribution is -2.51. The number of pyridine rings is 1. The number of hydrogen-bond donors (Lipinski definition) is 1. The highest BCUT2D eigenvalue weighted by molar-refractivity contribution is 5.71. The van der Waals surface area contributed by atoms with Gasteiger partial charge < -0.3 is 10.0 Å². The van der Waals surface area contributed by atoms with Crippen molar-refractivity contribution in [3.05, 3.63) is 22.9 Å². The Labute approximate surface area is 112 Å². The van der Waals surface area contributed by atoms with Crippen molar-refractivity contribution in [3.8, 4) is 6.07 Å². The molecule has 1 N–H and O–H groups in total. The van der Waals surface area contributed by atoms with Crippen LogP contribution in [0.3, 0.4) is 0 Å². The average Bonchev–Trinajstić information content (AvgIpc) is 2.26. The van der Waals surface area contributed by atoms with E-state index in [2.05, 4.69) is 11.1 Å². The maximum Gasteiger partial charge on any atom is 0.306 e. The number of aliphatic carboxylic acids is 1. The predicted octanol–water partition coefficient (Wildman–Crippen LogP) is 1.73. The van der Waals surface area contributed by atoms with Crippen LogP contribution in [-0.2, 0) is 4.79 Å². The Balaban J connectivity index is 2.19. The second-order valence-electron chi connectivity index (χ2n) is 5.18. The zero-order valence-corrected chi connectivity index (χ0v) is 11.3. The summed E-state index contributed by atoms with van der Waals surface area (Å²) in [4.78, 5) is 17.3. The maximum atomic E-state index is 10.9. The maximum absolute atomic E-state index is 10.9. The van der Waals surface area contributed by atoms with Crippen LogP contribution in [0, 0.1) is 37.0 Å². The van der Waals surface area contributed by atoms with E-state index in [1.165, 1.54) is 0 Å². The van der Waals surface area contributed by atoms with E-state index in [9.17, 15) is 10.1 Å². The standard InChI is InChI=1S/C14H17N3O2/c1-8-4-9(2)16-13(12(8)5-15)17-6-11(7-17)10(3)14(18)19/h4,10-11H,6-7H2,1-3H3,(H,18,19). The van der Waals surface area contributed by atoms with Crippen LogP contribution < -0.4 is 4.90 Å². The van der Waals surface area contributed by atoms with Gasteiger partial charge in [-0.15, -0.1) is 0 Å². The van der Waals surface area contributed by atoms with Crippen molar-refractivity contribution >= 4 is 11.8 Å². The number of carbonyl (C=O) groups is 1. The minimum Gasteiger partial charge on any atom is -0.481 e. The van der Waals surface area contributed by atoms with Gasteiger partial charge in [-0.1, -0.05) is 6.92 Å². The summed E-state index contributed by atoms with van der Waals surface area (Å²) in [6.07, 6.45) is 0. The molecular formula is C14H17N3O2. The van der Waals surface area contributed by atoms with Crippen molar-refractivity contribution in [2.24, 2.45) is 11.8 Å². The topological polar surface area (TPSA) is 77.2 Å². The molecule has 0 aliphatic carbocycles. The fourth-order valence-corrected chi connectivity index (χ4v) is 2.39. The van der Waals surface area contributed by atoms with Gasteiger partial charge in [-0.05, 0) is 25.5 Å². The molecule has 5 heteroatoms. The van der Waals surface area contributed by atoms with Crippen LogP contribution in [0.1, 0.15) is 23.7 Å². The van der Waals surface area contributed by atoms with Crippen LogP contribution in [0.5, 0.6) is 0 Å². The van der Waals surface area contributed by atoms with E-state index in [-0.39, 0.29) is 11.8 Å². The Morgan fingerprint density at radius 2 is 2.21 bits per heavy atom. The summed E-state index contributed by atoms with van der Waals surface area (Å²) in [5.41, 5.74) is 2.38. The molecule has 1 unspecified atom stereocenters. The van der Waals surface area contributed by atoms with Crippen molar-refractivity contribution < 1.29 is 9.90 Å². The Kier molecular flexibility index (Phi) is 3.43. The molecule has 1 saturated heterocycles. The van der Waals surface area contributed by atoms with Gasteiger partial charge in [-0.2, -0.15) is 5.26 Å².